The minimum atomic E-state index is 0.0688. The van der Waals surface area contributed by atoms with E-state index in [2.05, 4.69) is 22.0 Å². The fourth-order valence-electron chi connectivity index (χ4n) is 3.92. The lowest BCUT2D eigenvalue weighted by molar-refractivity contribution is 0.134. The largest absolute Gasteiger partial charge is 0.508 e. The fraction of sp³-hybridized carbons (Fsp3) is 0.667. The van der Waals surface area contributed by atoms with Gasteiger partial charge in [0.2, 0.25) is 0 Å². The van der Waals surface area contributed by atoms with Gasteiger partial charge in [-0.2, -0.15) is 0 Å². The Bertz CT molecular complexity index is 594. The third-order valence-electron chi connectivity index (χ3n) is 5.78. The van der Waals surface area contributed by atoms with Crippen molar-refractivity contribution in [2.45, 2.75) is 32.7 Å². The molecule has 2 amide bonds. The van der Waals surface area contributed by atoms with Crippen molar-refractivity contribution in [3.8, 4) is 5.75 Å². The van der Waals surface area contributed by atoms with Gasteiger partial charge in [0, 0.05) is 39.3 Å². The standard InChI is InChI=1S/C21H34N4O2/c1-18-6-10-23(11-7-18)9-3-8-22-21(27)25-14-12-24(13-15-25)17-19-4-2-5-20(26)16-19/h2,4-5,16,18,26H,3,6-15,17H2,1H3,(H,22,27). The van der Waals surface area contributed by atoms with Gasteiger partial charge in [0.05, 0.1) is 0 Å². The van der Waals surface area contributed by atoms with E-state index in [0.717, 1.165) is 63.7 Å². The minimum absolute atomic E-state index is 0.0688. The van der Waals surface area contributed by atoms with Crippen molar-refractivity contribution in [1.29, 1.82) is 0 Å². The van der Waals surface area contributed by atoms with E-state index < -0.39 is 0 Å². The lowest BCUT2D eigenvalue weighted by atomic mass is 9.99. The van der Waals surface area contributed by atoms with Crippen LogP contribution in [0.2, 0.25) is 0 Å². The van der Waals surface area contributed by atoms with E-state index in [9.17, 15) is 9.90 Å². The van der Waals surface area contributed by atoms with E-state index in [1.807, 2.05) is 23.1 Å². The molecule has 0 atom stereocenters. The number of nitrogens with one attached hydrogen (secondary N) is 1. The number of piperidine rings is 1. The van der Waals surface area contributed by atoms with Crippen LogP contribution in [0, 0.1) is 5.92 Å². The molecule has 0 spiro atoms. The number of hydrogen-bond acceptors (Lipinski definition) is 4. The topological polar surface area (TPSA) is 59.1 Å². The molecule has 2 fully saturated rings. The maximum Gasteiger partial charge on any atom is 0.317 e. The molecule has 2 saturated heterocycles. The quantitative estimate of drug-likeness (QED) is 0.751. The Kier molecular flexibility index (Phi) is 7.35. The Morgan fingerprint density at radius 3 is 2.56 bits per heavy atom. The van der Waals surface area contributed by atoms with Gasteiger partial charge in [0.15, 0.2) is 0 Å². The first-order valence-electron chi connectivity index (χ1n) is 10.4. The molecule has 150 valence electrons. The molecule has 0 saturated carbocycles. The number of phenols is 1. The third kappa shape index (κ3) is 6.40. The van der Waals surface area contributed by atoms with Gasteiger partial charge in [0.1, 0.15) is 5.75 Å². The van der Waals surface area contributed by atoms with Gasteiger partial charge in [0.25, 0.3) is 0 Å². The number of benzene rings is 1. The van der Waals surface area contributed by atoms with Crippen LogP contribution in [0.1, 0.15) is 31.7 Å². The number of aromatic hydroxyl groups is 1. The Labute approximate surface area is 163 Å². The van der Waals surface area contributed by atoms with E-state index in [1.165, 1.54) is 25.9 Å². The molecule has 1 aromatic carbocycles. The molecule has 3 rings (SSSR count). The molecule has 0 aromatic heterocycles. The van der Waals surface area contributed by atoms with E-state index in [1.54, 1.807) is 6.07 Å². The molecule has 27 heavy (non-hydrogen) atoms. The number of amides is 2. The summed E-state index contributed by atoms with van der Waals surface area (Å²) >= 11 is 0. The molecule has 2 aliphatic rings. The molecule has 0 aliphatic carbocycles. The Morgan fingerprint density at radius 1 is 1.11 bits per heavy atom. The van der Waals surface area contributed by atoms with Crippen LogP contribution in [0.25, 0.3) is 0 Å². The summed E-state index contributed by atoms with van der Waals surface area (Å²) in [6, 6.07) is 7.47. The summed E-state index contributed by atoms with van der Waals surface area (Å²) in [5.41, 5.74) is 1.11. The van der Waals surface area contributed by atoms with Gasteiger partial charge in [-0.05, 0) is 62.5 Å². The predicted octanol–water partition coefficient (Wildman–Crippen LogP) is 2.34. The number of hydrogen-bond donors (Lipinski definition) is 2. The summed E-state index contributed by atoms with van der Waals surface area (Å²) in [6.45, 7) is 10.7. The highest BCUT2D eigenvalue weighted by atomic mass is 16.3. The number of carbonyl (C=O) groups excluding carboxylic acids is 1. The van der Waals surface area contributed by atoms with Crippen molar-refractivity contribution in [3.63, 3.8) is 0 Å². The second-order valence-electron chi connectivity index (χ2n) is 8.04. The first-order valence-corrected chi connectivity index (χ1v) is 10.4. The van der Waals surface area contributed by atoms with Gasteiger partial charge in [-0.15, -0.1) is 0 Å². The Balaban J connectivity index is 1.29. The summed E-state index contributed by atoms with van der Waals surface area (Å²) in [5, 5.41) is 12.7. The molecule has 1 aromatic rings. The smallest absolute Gasteiger partial charge is 0.317 e. The van der Waals surface area contributed by atoms with Crippen LogP contribution in [0.5, 0.6) is 5.75 Å². The van der Waals surface area contributed by atoms with Crippen LogP contribution in [0.15, 0.2) is 24.3 Å². The number of carbonyl (C=O) groups is 1. The molecular formula is C21H34N4O2. The first kappa shape index (κ1) is 20.0. The highest BCUT2D eigenvalue weighted by Gasteiger charge is 2.21. The fourth-order valence-corrected chi connectivity index (χ4v) is 3.92. The van der Waals surface area contributed by atoms with Crippen LogP contribution in [0.3, 0.4) is 0 Å². The second-order valence-corrected chi connectivity index (χ2v) is 8.04. The van der Waals surface area contributed by atoms with E-state index in [0.29, 0.717) is 5.75 Å². The van der Waals surface area contributed by atoms with Crippen molar-refractivity contribution < 1.29 is 9.90 Å². The molecule has 6 nitrogen and oxygen atoms in total. The zero-order valence-electron chi connectivity index (χ0n) is 16.6. The summed E-state index contributed by atoms with van der Waals surface area (Å²) in [4.78, 5) is 19.1. The van der Waals surface area contributed by atoms with Gasteiger partial charge >= 0.3 is 6.03 Å². The van der Waals surface area contributed by atoms with Crippen LogP contribution >= 0.6 is 0 Å². The third-order valence-corrected chi connectivity index (χ3v) is 5.78. The van der Waals surface area contributed by atoms with Crippen molar-refractivity contribution in [1.82, 2.24) is 20.0 Å². The van der Waals surface area contributed by atoms with E-state index in [-0.39, 0.29) is 6.03 Å². The number of urea groups is 1. The maximum absolute atomic E-state index is 12.4. The molecule has 0 bridgehead atoms. The van der Waals surface area contributed by atoms with Crippen molar-refractivity contribution in [2.75, 3.05) is 52.4 Å². The van der Waals surface area contributed by atoms with Crippen LogP contribution in [-0.4, -0.2) is 78.2 Å². The van der Waals surface area contributed by atoms with Crippen LogP contribution in [-0.2, 0) is 6.54 Å². The molecule has 0 radical (unpaired) electrons. The van der Waals surface area contributed by atoms with E-state index in [4.69, 9.17) is 0 Å². The molecule has 2 N–H and O–H groups in total. The van der Waals surface area contributed by atoms with Gasteiger partial charge in [-0.1, -0.05) is 19.1 Å². The highest BCUT2D eigenvalue weighted by molar-refractivity contribution is 5.74. The van der Waals surface area contributed by atoms with Gasteiger partial charge < -0.3 is 20.2 Å². The number of phenolic OH excluding ortho intramolecular Hbond substituents is 1. The summed E-state index contributed by atoms with van der Waals surface area (Å²) in [5.74, 6) is 1.18. The SMILES string of the molecule is CC1CCN(CCCNC(=O)N2CCN(Cc3cccc(O)c3)CC2)CC1. The number of piperazine rings is 1. The predicted molar refractivity (Wildman–Crippen MR) is 108 cm³/mol. The summed E-state index contributed by atoms with van der Waals surface area (Å²) in [7, 11) is 0. The maximum atomic E-state index is 12.4. The summed E-state index contributed by atoms with van der Waals surface area (Å²) in [6.07, 6.45) is 3.63. The normalized spacial score (nSPS) is 20.0. The van der Waals surface area contributed by atoms with E-state index >= 15 is 0 Å². The first-order chi connectivity index (χ1) is 13.1. The van der Waals surface area contributed by atoms with Gasteiger partial charge in [-0.25, -0.2) is 4.79 Å². The van der Waals surface area contributed by atoms with Crippen molar-refractivity contribution >= 4 is 6.03 Å². The number of rotatable bonds is 6. The number of nitrogens with zero attached hydrogens (tertiary/aromatic N) is 3. The Hall–Kier alpha value is -1.79. The zero-order chi connectivity index (χ0) is 19.1. The Morgan fingerprint density at radius 2 is 1.85 bits per heavy atom. The second kappa shape index (κ2) is 9.95. The average Bonchev–Trinajstić information content (AvgIpc) is 2.67. The number of likely N-dealkylation sites (tertiary alicyclic amines) is 1. The molecule has 2 heterocycles. The molecule has 2 aliphatic heterocycles. The summed E-state index contributed by atoms with van der Waals surface area (Å²) < 4.78 is 0. The molecular weight excluding hydrogens is 340 g/mol. The lowest BCUT2D eigenvalue weighted by Gasteiger charge is -2.35. The highest BCUT2D eigenvalue weighted by Crippen LogP contribution is 2.16. The zero-order valence-corrected chi connectivity index (χ0v) is 16.6. The lowest BCUT2D eigenvalue weighted by Crippen LogP contribution is -2.51. The van der Waals surface area contributed by atoms with Gasteiger partial charge in [-0.3, -0.25) is 4.90 Å². The van der Waals surface area contributed by atoms with Crippen molar-refractivity contribution in [3.05, 3.63) is 29.8 Å². The monoisotopic (exact) mass is 374 g/mol. The van der Waals surface area contributed by atoms with Crippen molar-refractivity contribution in [2.24, 2.45) is 5.92 Å². The minimum Gasteiger partial charge on any atom is -0.508 e. The molecule has 0 unspecified atom stereocenters. The average molecular weight is 375 g/mol. The van der Waals surface area contributed by atoms with Crippen LogP contribution in [0.4, 0.5) is 4.79 Å². The molecule has 6 heteroatoms. The van der Waals surface area contributed by atoms with Crippen LogP contribution < -0.4 is 5.32 Å².